The standard InChI is InChI=1S/C27H27N3O3/c1-18-14-23-16-21(9-10-25(23)33-18)26(31)30-13-12-29(2)27(32)24(30)15-19-5-7-20(8-6-19)22-4-3-11-28-17-22/h3-11,16-18,24H,12-15H2,1-2H3/t18-,24-/m0/s1. The number of pyridine rings is 1. The molecule has 1 fully saturated rings. The van der Waals surface area contributed by atoms with E-state index in [1.165, 1.54) is 0 Å². The summed E-state index contributed by atoms with van der Waals surface area (Å²) in [7, 11) is 1.80. The molecule has 2 atom stereocenters. The van der Waals surface area contributed by atoms with Crippen molar-refractivity contribution in [2.24, 2.45) is 0 Å². The quantitative estimate of drug-likeness (QED) is 0.621. The second-order valence-corrected chi connectivity index (χ2v) is 8.87. The summed E-state index contributed by atoms with van der Waals surface area (Å²) >= 11 is 0. The van der Waals surface area contributed by atoms with Crippen molar-refractivity contribution >= 4 is 11.8 Å². The van der Waals surface area contributed by atoms with E-state index in [0.29, 0.717) is 25.1 Å². The maximum Gasteiger partial charge on any atom is 0.254 e. The molecule has 6 nitrogen and oxygen atoms in total. The zero-order valence-electron chi connectivity index (χ0n) is 18.9. The fourth-order valence-corrected chi connectivity index (χ4v) is 4.66. The Labute approximate surface area is 193 Å². The van der Waals surface area contributed by atoms with Gasteiger partial charge < -0.3 is 14.5 Å². The van der Waals surface area contributed by atoms with Crippen molar-refractivity contribution in [2.75, 3.05) is 20.1 Å². The van der Waals surface area contributed by atoms with Crippen LogP contribution in [0.4, 0.5) is 0 Å². The van der Waals surface area contributed by atoms with Gasteiger partial charge in [0, 0.05) is 50.9 Å². The number of rotatable bonds is 4. The van der Waals surface area contributed by atoms with Gasteiger partial charge in [0.25, 0.3) is 5.91 Å². The Bertz CT molecular complexity index is 1180. The third-order valence-electron chi connectivity index (χ3n) is 6.50. The summed E-state index contributed by atoms with van der Waals surface area (Å²) in [5.41, 5.74) is 4.80. The normalized spacial score (nSPS) is 19.9. The number of piperazine rings is 1. The van der Waals surface area contributed by atoms with E-state index in [2.05, 4.69) is 4.98 Å². The van der Waals surface area contributed by atoms with Crippen molar-refractivity contribution < 1.29 is 14.3 Å². The molecule has 0 N–H and O–H groups in total. The van der Waals surface area contributed by atoms with E-state index < -0.39 is 6.04 Å². The predicted molar refractivity (Wildman–Crippen MR) is 126 cm³/mol. The van der Waals surface area contributed by atoms with Crippen LogP contribution in [0.2, 0.25) is 0 Å². The highest BCUT2D eigenvalue weighted by molar-refractivity contribution is 5.98. The van der Waals surface area contributed by atoms with Gasteiger partial charge in [-0.15, -0.1) is 0 Å². The smallest absolute Gasteiger partial charge is 0.254 e. The van der Waals surface area contributed by atoms with Crippen LogP contribution in [0.25, 0.3) is 11.1 Å². The van der Waals surface area contributed by atoms with Crippen LogP contribution in [0, 0.1) is 0 Å². The summed E-state index contributed by atoms with van der Waals surface area (Å²) < 4.78 is 5.77. The van der Waals surface area contributed by atoms with Crippen LogP contribution in [0.15, 0.2) is 67.0 Å². The minimum Gasteiger partial charge on any atom is -0.490 e. The van der Waals surface area contributed by atoms with Gasteiger partial charge in [0.1, 0.15) is 17.9 Å². The van der Waals surface area contributed by atoms with Crippen LogP contribution in [-0.4, -0.2) is 58.9 Å². The third-order valence-corrected chi connectivity index (χ3v) is 6.50. The van der Waals surface area contributed by atoms with Crippen molar-refractivity contribution in [2.45, 2.75) is 31.9 Å². The molecule has 6 heteroatoms. The van der Waals surface area contributed by atoms with E-state index in [-0.39, 0.29) is 17.9 Å². The Kier molecular flexibility index (Phi) is 5.58. The number of ether oxygens (including phenoxy) is 1. The van der Waals surface area contributed by atoms with Gasteiger partial charge in [0.05, 0.1) is 0 Å². The minimum atomic E-state index is -0.524. The lowest BCUT2D eigenvalue weighted by Gasteiger charge is -2.39. The van der Waals surface area contributed by atoms with Gasteiger partial charge in [0.2, 0.25) is 5.91 Å². The highest BCUT2D eigenvalue weighted by Gasteiger charge is 2.36. The Balaban J connectivity index is 1.38. The Morgan fingerprint density at radius 3 is 2.67 bits per heavy atom. The van der Waals surface area contributed by atoms with Crippen molar-refractivity contribution in [1.82, 2.24) is 14.8 Å². The van der Waals surface area contributed by atoms with Gasteiger partial charge in [-0.3, -0.25) is 14.6 Å². The van der Waals surface area contributed by atoms with Gasteiger partial charge in [-0.25, -0.2) is 0 Å². The van der Waals surface area contributed by atoms with Gasteiger partial charge in [0.15, 0.2) is 0 Å². The number of nitrogens with zero attached hydrogens (tertiary/aromatic N) is 3. The molecule has 3 heterocycles. The molecule has 5 rings (SSSR count). The highest BCUT2D eigenvalue weighted by Crippen LogP contribution is 2.30. The van der Waals surface area contributed by atoms with Crippen LogP contribution in [0.1, 0.15) is 28.4 Å². The largest absolute Gasteiger partial charge is 0.490 e. The maximum absolute atomic E-state index is 13.5. The molecule has 0 bridgehead atoms. The first-order chi connectivity index (χ1) is 16.0. The van der Waals surface area contributed by atoms with Crippen LogP contribution in [0.3, 0.4) is 0 Å². The zero-order valence-corrected chi connectivity index (χ0v) is 18.9. The first-order valence-electron chi connectivity index (χ1n) is 11.3. The van der Waals surface area contributed by atoms with E-state index in [0.717, 1.165) is 34.4 Å². The number of likely N-dealkylation sites (N-methyl/N-ethyl adjacent to an activating group) is 1. The summed E-state index contributed by atoms with van der Waals surface area (Å²) in [5.74, 6) is 0.721. The number of fused-ring (bicyclic) bond motifs is 1. The molecule has 1 aromatic heterocycles. The van der Waals surface area contributed by atoms with Crippen molar-refractivity contribution in [3.63, 3.8) is 0 Å². The minimum absolute atomic E-state index is 0.0240. The summed E-state index contributed by atoms with van der Waals surface area (Å²) in [6.45, 7) is 3.08. The van der Waals surface area contributed by atoms with Crippen molar-refractivity contribution in [3.05, 3.63) is 83.7 Å². The molecule has 0 radical (unpaired) electrons. The van der Waals surface area contributed by atoms with E-state index in [1.807, 2.05) is 67.7 Å². The predicted octanol–water partition coefficient (Wildman–Crippen LogP) is 3.60. The average Bonchev–Trinajstić information content (AvgIpc) is 3.22. The third kappa shape index (κ3) is 4.21. The summed E-state index contributed by atoms with van der Waals surface area (Å²) in [6, 6.07) is 17.1. The number of aromatic nitrogens is 1. The van der Waals surface area contributed by atoms with E-state index in [1.54, 1.807) is 23.0 Å². The molecular weight excluding hydrogens is 414 g/mol. The van der Waals surface area contributed by atoms with E-state index >= 15 is 0 Å². The molecule has 0 spiro atoms. The lowest BCUT2D eigenvalue weighted by Crippen LogP contribution is -2.58. The molecule has 2 aliphatic heterocycles. The molecule has 1 saturated heterocycles. The topological polar surface area (TPSA) is 62.7 Å². The van der Waals surface area contributed by atoms with Crippen molar-refractivity contribution in [1.29, 1.82) is 0 Å². The highest BCUT2D eigenvalue weighted by atomic mass is 16.5. The van der Waals surface area contributed by atoms with E-state index in [9.17, 15) is 9.59 Å². The van der Waals surface area contributed by atoms with E-state index in [4.69, 9.17) is 4.74 Å². The number of carbonyl (C=O) groups excluding carboxylic acids is 2. The number of carbonyl (C=O) groups is 2. The first-order valence-corrected chi connectivity index (χ1v) is 11.3. The second-order valence-electron chi connectivity index (χ2n) is 8.87. The van der Waals surface area contributed by atoms with Crippen LogP contribution in [0.5, 0.6) is 5.75 Å². The summed E-state index contributed by atoms with van der Waals surface area (Å²) in [6.07, 6.45) is 4.98. The van der Waals surface area contributed by atoms with Gasteiger partial charge >= 0.3 is 0 Å². The molecule has 2 aliphatic rings. The fraction of sp³-hybridized carbons (Fsp3) is 0.296. The van der Waals surface area contributed by atoms with Crippen LogP contribution < -0.4 is 4.74 Å². The molecule has 2 amide bonds. The molecule has 0 saturated carbocycles. The van der Waals surface area contributed by atoms with Gasteiger partial charge in [-0.05, 0) is 53.4 Å². The summed E-state index contributed by atoms with van der Waals surface area (Å²) in [5, 5.41) is 0. The average molecular weight is 442 g/mol. The molecule has 168 valence electrons. The maximum atomic E-state index is 13.5. The molecule has 3 aromatic rings. The SMILES string of the molecule is C[C@H]1Cc2cc(C(=O)N3CCN(C)C(=O)[C@@H]3Cc3ccc(-c4cccnc4)cc3)ccc2O1. The Morgan fingerprint density at radius 1 is 1.09 bits per heavy atom. The summed E-state index contributed by atoms with van der Waals surface area (Å²) in [4.78, 5) is 34.2. The van der Waals surface area contributed by atoms with Crippen LogP contribution in [-0.2, 0) is 17.6 Å². The number of benzene rings is 2. The molecule has 2 aromatic carbocycles. The monoisotopic (exact) mass is 441 g/mol. The molecule has 33 heavy (non-hydrogen) atoms. The lowest BCUT2D eigenvalue weighted by atomic mass is 9.97. The fourth-order valence-electron chi connectivity index (χ4n) is 4.66. The Morgan fingerprint density at radius 2 is 1.91 bits per heavy atom. The number of hydrogen-bond acceptors (Lipinski definition) is 4. The number of amides is 2. The lowest BCUT2D eigenvalue weighted by molar-refractivity contribution is -0.138. The molecule has 0 aliphatic carbocycles. The van der Waals surface area contributed by atoms with Gasteiger partial charge in [-0.2, -0.15) is 0 Å². The Hall–Kier alpha value is -3.67. The van der Waals surface area contributed by atoms with Gasteiger partial charge in [-0.1, -0.05) is 30.3 Å². The molecular formula is C27H27N3O3. The second kappa shape index (κ2) is 8.70. The zero-order chi connectivity index (χ0) is 22.9. The van der Waals surface area contributed by atoms with Crippen LogP contribution >= 0.6 is 0 Å². The number of hydrogen-bond donors (Lipinski definition) is 0. The molecule has 0 unspecified atom stereocenters. The first kappa shape index (κ1) is 21.2. The van der Waals surface area contributed by atoms with Crippen molar-refractivity contribution in [3.8, 4) is 16.9 Å².